The van der Waals surface area contributed by atoms with Gasteiger partial charge in [0.15, 0.2) is 0 Å². The minimum absolute atomic E-state index is 0.00224. The minimum Gasteiger partial charge on any atom is -0.497 e. The maximum atomic E-state index is 14.0. The number of ether oxygens (including phenoxy) is 3. The van der Waals surface area contributed by atoms with Gasteiger partial charge in [-0.1, -0.05) is 48.0 Å². The van der Waals surface area contributed by atoms with E-state index < -0.39 is 0 Å². The van der Waals surface area contributed by atoms with Crippen molar-refractivity contribution in [2.24, 2.45) is 0 Å². The van der Waals surface area contributed by atoms with E-state index in [4.69, 9.17) is 19.3 Å². The summed E-state index contributed by atoms with van der Waals surface area (Å²) >= 11 is 1.49. The van der Waals surface area contributed by atoms with Crippen molar-refractivity contribution < 1.29 is 23.8 Å². The molecule has 0 aliphatic carbocycles. The van der Waals surface area contributed by atoms with Crippen LogP contribution < -0.4 is 19.7 Å². The number of aryl methyl sites for hydroxylation is 1. The van der Waals surface area contributed by atoms with Crippen molar-refractivity contribution in [3.63, 3.8) is 0 Å². The number of carbonyl (C=O) groups is 2. The average Bonchev–Trinajstić information content (AvgIpc) is 3.69. The summed E-state index contributed by atoms with van der Waals surface area (Å²) in [5, 5.41) is 7.81. The predicted molar refractivity (Wildman–Crippen MR) is 172 cm³/mol. The number of fused-ring (bicyclic) bond motifs is 1. The number of carbonyl (C=O) groups excluding carboxylic acids is 2. The Morgan fingerprint density at radius 2 is 1.86 bits per heavy atom. The Kier molecular flexibility index (Phi) is 8.90. The lowest BCUT2D eigenvalue weighted by atomic mass is 9.98. The van der Waals surface area contributed by atoms with Gasteiger partial charge in [-0.3, -0.25) is 14.5 Å². The first-order valence-electron chi connectivity index (χ1n) is 14.7. The fraction of sp³-hybridized carbons (Fsp3) is 0.324. The molecule has 2 aliphatic heterocycles. The molecule has 3 heterocycles. The van der Waals surface area contributed by atoms with Crippen LogP contribution in [0.3, 0.4) is 0 Å². The third-order valence-electron chi connectivity index (χ3n) is 7.99. The zero-order valence-electron chi connectivity index (χ0n) is 25.1. The van der Waals surface area contributed by atoms with E-state index in [1.54, 1.807) is 23.8 Å². The standard InChI is InChI=1S/C34H36N4O5S/c1-22-11-13-24(14-12-22)38-34-31(32(36-38)23-8-5-4-6-9-23)33(27-18-25(41-2)15-16-28(27)42-3)44-21-30(40)37(34)20-29(39)35-19-26-10-7-17-43-26/h4-6,8-9,11-16,18,26,33H,7,10,17,19-21H2,1-3H3,(H,35,39). The van der Waals surface area contributed by atoms with Crippen molar-refractivity contribution in [1.29, 1.82) is 0 Å². The van der Waals surface area contributed by atoms with Crippen LogP contribution in [0, 0.1) is 6.92 Å². The molecule has 1 aromatic heterocycles. The molecule has 2 unspecified atom stereocenters. The van der Waals surface area contributed by atoms with Crippen molar-refractivity contribution in [3.05, 3.63) is 89.5 Å². The van der Waals surface area contributed by atoms with E-state index in [2.05, 4.69) is 5.32 Å². The molecule has 10 heteroatoms. The lowest BCUT2D eigenvalue weighted by molar-refractivity contribution is -0.123. The highest BCUT2D eigenvalue weighted by Crippen LogP contribution is 2.51. The Morgan fingerprint density at radius 3 is 2.57 bits per heavy atom. The van der Waals surface area contributed by atoms with E-state index in [0.29, 0.717) is 30.5 Å². The molecule has 0 radical (unpaired) electrons. The number of nitrogens with zero attached hydrogens (tertiary/aromatic N) is 3. The van der Waals surface area contributed by atoms with E-state index in [0.717, 1.165) is 46.5 Å². The highest BCUT2D eigenvalue weighted by molar-refractivity contribution is 8.00. The molecule has 44 heavy (non-hydrogen) atoms. The summed E-state index contributed by atoms with van der Waals surface area (Å²) in [7, 11) is 3.26. The second kappa shape index (κ2) is 13.2. The van der Waals surface area contributed by atoms with Crippen LogP contribution in [0.4, 0.5) is 5.82 Å². The number of rotatable bonds is 9. The Balaban J connectivity index is 1.55. The van der Waals surface area contributed by atoms with E-state index in [1.807, 2.05) is 79.7 Å². The van der Waals surface area contributed by atoms with E-state index >= 15 is 0 Å². The fourth-order valence-corrected chi connectivity index (χ4v) is 6.93. The van der Waals surface area contributed by atoms with Crippen LogP contribution in [-0.4, -0.2) is 67.4 Å². The van der Waals surface area contributed by atoms with Crippen LogP contribution in [0.2, 0.25) is 0 Å². The van der Waals surface area contributed by atoms with Gasteiger partial charge in [-0.2, -0.15) is 5.10 Å². The number of aromatic nitrogens is 2. The summed E-state index contributed by atoms with van der Waals surface area (Å²) < 4.78 is 18.9. The van der Waals surface area contributed by atoms with Crippen LogP contribution in [0.1, 0.15) is 34.8 Å². The first kappa shape index (κ1) is 29.8. The molecule has 0 spiro atoms. The predicted octanol–water partition coefficient (Wildman–Crippen LogP) is 5.33. The number of thioether (sulfide) groups is 1. The van der Waals surface area contributed by atoms with Gasteiger partial charge in [-0.25, -0.2) is 4.68 Å². The maximum absolute atomic E-state index is 14.0. The average molecular weight is 613 g/mol. The number of hydrogen-bond donors (Lipinski definition) is 1. The van der Waals surface area contributed by atoms with Crippen molar-refractivity contribution in [2.75, 3.05) is 44.6 Å². The van der Waals surface area contributed by atoms with Crippen molar-refractivity contribution in [1.82, 2.24) is 15.1 Å². The first-order chi connectivity index (χ1) is 21.5. The van der Waals surface area contributed by atoms with Gasteiger partial charge in [0, 0.05) is 29.8 Å². The van der Waals surface area contributed by atoms with Crippen LogP contribution in [0.25, 0.3) is 16.9 Å². The highest BCUT2D eigenvalue weighted by Gasteiger charge is 2.39. The number of hydrogen-bond acceptors (Lipinski definition) is 7. The highest BCUT2D eigenvalue weighted by atomic mass is 32.2. The number of methoxy groups -OCH3 is 2. The molecule has 228 valence electrons. The second-order valence-electron chi connectivity index (χ2n) is 10.9. The topological polar surface area (TPSA) is 94.9 Å². The number of anilines is 1. The van der Waals surface area contributed by atoms with Crippen LogP contribution in [0.15, 0.2) is 72.8 Å². The molecule has 2 atom stereocenters. The second-order valence-corrected chi connectivity index (χ2v) is 12.0. The molecule has 3 aromatic carbocycles. The Hall–Kier alpha value is -4.28. The van der Waals surface area contributed by atoms with Crippen molar-refractivity contribution in [2.45, 2.75) is 31.1 Å². The Morgan fingerprint density at radius 1 is 1.07 bits per heavy atom. The van der Waals surface area contributed by atoms with E-state index in [-0.39, 0.29) is 35.5 Å². The van der Waals surface area contributed by atoms with Gasteiger partial charge in [-0.15, -0.1) is 11.8 Å². The molecule has 1 saturated heterocycles. The summed E-state index contributed by atoms with van der Waals surface area (Å²) in [4.78, 5) is 29.0. The fourth-order valence-electron chi connectivity index (χ4n) is 5.72. The number of benzene rings is 3. The molecule has 0 saturated carbocycles. The zero-order valence-corrected chi connectivity index (χ0v) is 25.9. The molecular weight excluding hydrogens is 576 g/mol. The van der Waals surface area contributed by atoms with Gasteiger partial charge in [-0.05, 0) is 50.1 Å². The molecule has 0 bridgehead atoms. The smallest absolute Gasteiger partial charge is 0.240 e. The monoisotopic (exact) mass is 612 g/mol. The van der Waals surface area contributed by atoms with Gasteiger partial charge < -0.3 is 19.5 Å². The summed E-state index contributed by atoms with van der Waals surface area (Å²) in [5.41, 5.74) is 5.20. The summed E-state index contributed by atoms with van der Waals surface area (Å²) in [6.45, 7) is 3.00. The van der Waals surface area contributed by atoms with Crippen LogP contribution in [0.5, 0.6) is 11.5 Å². The molecule has 2 aliphatic rings. The lowest BCUT2D eigenvalue weighted by Gasteiger charge is -2.24. The van der Waals surface area contributed by atoms with Gasteiger partial charge in [0.1, 0.15) is 23.9 Å². The quantitative estimate of drug-likeness (QED) is 0.273. The Bertz CT molecular complexity index is 1630. The molecule has 9 nitrogen and oxygen atoms in total. The normalized spacial score (nSPS) is 18.1. The zero-order chi connectivity index (χ0) is 30.6. The number of nitrogens with one attached hydrogen (secondary N) is 1. The van der Waals surface area contributed by atoms with Gasteiger partial charge in [0.2, 0.25) is 11.8 Å². The lowest BCUT2D eigenvalue weighted by Crippen LogP contribution is -2.44. The van der Waals surface area contributed by atoms with Crippen LogP contribution in [-0.2, 0) is 14.3 Å². The molecule has 6 rings (SSSR count). The Labute approximate surface area is 261 Å². The van der Waals surface area contributed by atoms with Crippen molar-refractivity contribution >= 4 is 29.4 Å². The first-order valence-corrected chi connectivity index (χ1v) is 15.8. The van der Waals surface area contributed by atoms with E-state index in [1.165, 1.54) is 11.8 Å². The third-order valence-corrected chi connectivity index (χ3v) is 9.22. The minimum atomic E-state index is -0.353. The summed E-state index contributed by atoms with van der Waals surface area (Å²) in [6.07, 6.45) is 1.89. The molecule has 2 amide bonds. The third kappa shape index (κ3) is 6.05. The van der Waals surface area contributed by atoms with Crippen LogP contribution >= 0.6 is 11.8 Å². The molecule has 1 N–H and O–H groups in total. The summed E-state index contributed by atoms with van der Waals surface area (Å²) in [5.74, 6) is 1.63. The van der Waals surface area contributed by atoms with Crippen molar-refractivity contribution in [3.8, 4) is 28.4 Å². The number of amides is 2. The molecule has 1 fully saturated rings. The van der Waals surface area contributed by atoms with Gasteiger partial charge >= 0.3 is 0 Å². The van der Waals surface area contributed by atoms with Gasteiger partial charge in [0.05, 0.1) is 42.7 Å². The SMILES string of the molecule is COc1ccc(OC)c(C2SCC(=O)N(CC(=O)NCC3CCCO3)c3c2c(-c2ccccc2)nn3-c2ccc(C)cc2)c1. The largest absolute Gasteiger partial charge is 0.497 e. The molecular formula is C34H36N4O5S. The summed E-state index contributed by atoms with van der Waals surface area (Å²) in [6, 6.07) is 23.6. The van der Waals surface area contributed by atoms with E-state index in [9.17, 15) is 9.59 Å². The van der Waals surface area contributed by atoms with Gasteiger partial charge in [0.25, 0.3) is 0 Å². The molecule has 4 aromatic rings. The maximum Gasteiger partial charge on any atom is 0.240 e.